The molecule has 2 aliphatic rings. The van der Waals surface area contributed by atoms with E-state index < -0.39 is 17.7 Å². The van der Waals surface area contributed by atoms with E-state index >= 15 is 0 Å². The van der Waals surface area contributed by atoms with Crippen LogP contribution in [0.1, 0.15) is 35.2 Å². The summed E-state index contributed by atoms with van der Waals surface area (Å²) < 4.78 is 6.68. The fourth-order valence-electron chi connectivity index (χ4n) is 4.87. The number of aromatic nitrogens is 1. The minimum absolute atomic E-state index is 0.00428. The van der Waals surface area contributed by atoms with Gasteiger partial charge in [0.2, 0.25) is 0 Å². The van der Waals surface area contributed by atoms with E-state index in [1.807, 2.05) is 38.1 Å². The number of aryl methyl sites for hydroxylation is 1. The maximum atomic E-state index is 13.4. The Hall–Kier alpha value is -3.68. The van der Waals surface area contributed by atoms with Crippen molar-refractivity contribution in [1.29, 1.82) is 0 Å². The van der Waals surface area contributed by atoms with Crippen LogP contribution < -0.4 is 9.64 Å². The largest absolute Gasteiger partial charge is 0.507 e. The number of anilines is 1. The lowest BCUT2D eigenvalue weighted by Crippen LogP contribution is -2.29. The second-order valence-corrected chi connectivity index (χ2v) is 10.6. The summed E-state index contributed by atoms with van der Waals surface area (Å²) in [6.45, 7) is 3.96. The molecule has 0 saturated carbocycles. The highest BCUT2D eigenvalue weighted by molar-refractivity contribution is 7.22. The van der Waals surface area contributed by atoms with Gasteiger partial charge in [0, 0.05) is 17.0 Å². The Morgan fingerprint density at radius 2 is 1.97 bits per heavy atom. The first-order chi connectivity index (χ1) is 17.3. The Kier molecular flexibility index (Phi) is 5.35. The molecule has 1 aromatic heterocycles. The summed E-state index contributed by atoms with van der Waals surface area (Å²) in [6.07, 6.45) is 0.741. The Morgan fingerprint density at radius 1 is 1.14 bits per heavy atom. The monoisotopic (exact) mass is 516 g/mol. The molecule has 180 valence electrons. The molecule has 3 heterocycles. The lowest BCUT2D eigenvalue weighted by atomic mass is 9.94. The van der Waals surface area contributed by atoms with Crippen LogP contribution in [-0.2, 0) is 16.0 Å². The van der Waals surface area contributed by atoms with Crippen molar-refractivity contribution in [3.63, 3.8) is 0 Å². The third-order valence-corrected chi connectivity index (χ3v) is 7.77. The molecule has 0 unspecified atom stereocenters. The molecule has 0 aliphatic carbocycles. The molecule has 1 saturated heterocycles. The Balaban J connectivity index is 1.54. The minimum atomic E-state index is -0.881. The van der Waals surface area contributed by atoms with Crippen molar-refractivity contribution in [3.8, 4) is 5.75 Å². The van der Waals surface area contributed by atoms with E-state index in [0.717, 1.165) is 27.1 Å². The standard InChI is InChI=1S/C28H21ClN2O4S/c1-14-6-8-20-22(10-14)36-28(30-20)31-24(16-4-3-5-19(29)13-16)23(26(33)27(31)34)25(32)17-7-9-21-18(12-17)11-15(2)35-21/h3-10,12-13,15,24,32H,11H2,1-2H3/b25-23+/t15-,24+/m1/s1. The second kappa shape index (κ2) is 8.47. The van der Waals surface area contributed by atoms with Crippen molar-refractivity contribution in [3.05, 3.63) is 93.5 Å². The fourth-order valence-corrected chi connectivity index (χ4v) is 6.16. The average molecular weight is 517 g/mol. The number of halogens is 1. The van der Waals surface area contributed by atoms with Gasteiger partial charge in [-0.25, -0.2) is 4.98 Å². The number of hydrogen-bond donors (Lipinski definition) is 1. The molecule has 0 radical (unpaired) electrons. The van der Waals surface area contributed by atoms with Gasteiger partial charge in [-0.05, 0) is 73.0 Å². The molecule has 0 spiro atoms. The smallest absolute Gasteiger partial charge is 0.301 e. The van der Waals surface area contributed by atoms with Crippen LogP contribution in [0.4, 0.5) is 5.13 Å². The van der Waals surface area contributed by atoms with Crippen molar-refractivity contribution < 1.29 is 19.4 Å². The predicted molar refractivity (Wildman–Crippen MR) is 141 cm³/mol. The molecule has 2 atom stereocenters. The van der Waals surface area contributed by atoms with Crippen molar-refractivity contribution in [2.45, 2.75) is 32.4 Å². The summed E-state index contributed by atoms with van der Waals surface area (Å²) in [4.78, 5) is 32.9. The quantitative estimate of drug-likeness (QED) is 0.199. The first kappa shape index (κ1) is 22.8. The van der Waals surface area contributed by atoms with Crippen LogP contribution in [0, 0.1) is 6.92 Å². The van der Waals surface area contributed by atoms with Crippen LogP contribution in [0.3, 0.4) is 0 Å². The Bertz CT molecular complexity index is 1610. The van der Waals surface area contributed by atoms with Gasteiger partial charge in [-0.1, -0.05) is 41.1 Å². The van der Waals surface area contributed by atoms with Gasteiger partial charge in [-0.15, -0.1) is 0 Å². The number of nitrogens with zero attached hydrogens (tertiary/aromatic N) is 2. The molecule has 8 heteroatoms. The highest BCUT2D eigenvalue weighted by Gasteiger charge is 2.48. The van der Waals surface area contributed by atoms with Gasteiger partial charge in [-0.3, -0.25) is 14.5 Å². The van der Waals surface area contributed by atoms with Crippen LogP contribution in [0.15, 0.2) is 66.2 Å². The first-order valence-corrected chi connectivity index (χ1v) is 12.7. The molecular formula is C28H21ClN2O4S. The number of ketones is 1. The van der Waals surface area contributed by atoms with E-state index in [4.69, 9.17) is 16.3 Å². The summed E-state index contributed by atoms with van der Waals surface area (Å²) in [5, 5.41) is 12.3. The van der Waals surface area contributed by atoms with Crippen LogP contribution in [0.25, 0.3) is 16.0 Å². The number of ether oxygens (including phenoxy) is 1. The second-order valence-electron chi connectivity index (χ2n) is 9.15. The molecule has 4 aromatic rings. The zero-order valence-electron chi connectivity index (χ0n) is 19.5. The molecule has 6 nitrogen and oxygen atoms in total. The van der Waals surface area contributed by atoms with E-state index in [0.29, 0.717) is 27.7 Å². The topological polar surface area (TPSA) is 79.7 Å². The fraction of sp³-hybridized carbons (Fsp3) is 0.179. The van der Waals surface area contributed by atoms with Crippen molar-refractivity contribution in [2.75, 3.05) is 4.90 Å². The third kappa shape index (κ3) is 3.67. The number of Topliss-reactive ketones (excluding diaryl/α,β-unsaturated/α-hetero) is 1. The highest BCUT2D eigenvalue weighted by Crippen LogP contribution is 2.45. The van der Waals surface area contributed by atoms with Gasteiger partial charge in [-0.2, -0.15) is 0 Å². The predicted octanol–water partition coefficient (Wildman–Crippen LogP) is 6.21. The average Bonchev–Trinajstić information content (AvgIpc) is 3.50. The van der Waals surface area contributed by atoms with Crippen LogP contribution >= 0.6 is 22.9 Å². The molecule has 6 rings (SSSR count). The minimum Gasteiger partial charge on any atom is -0.507 e. The number of carbonyl (C=O) groups excluding carboxylic acids is 2. The number of thiazole rings is 1. The van der Waals surface area contributed by atoms with Crippen LogP contribution in [0.5, 0.6) is 5.75 Å². The lowest BCUT2D eigenvalue weighted by Gasteiger charge is -2.23. The number of aliphatic hydroxyl groups excluding tert-OH is 1. The Labute approximate surface area is 216 Å². The van der Waals surface area contributed by atoms with Gasteiger partial charge in [0.25, 0.3) is 5.78 Å². The number of fused-ring (bicyclic) bond motifs is 2. The van der Waals surface area contributed by atoms with Crippen LogP contribution in [-0.4, -0.2) is 27.9 Å². The summed E-state index contributed by atoms with van der Waals surface area (Å²) in [5.74, 6) is -0.982. The summed E-state index contributed by atoms with van der Waals surface area (Å²) in [7, 11) is 0. The number of aliphatic hydroxyl groups is 1. The van der Waals surface area contributed by atoms with Crippen molar-refractivity contribution in [2.24, 2.45) is 0 Å². The Morgan fingerprint density at radius 3 is 2.78 bits per heavy atom. The van der Waals surface area contributed by atoms with E-state index in [2.05, 4.69) is 4.98 Å². The lowest BCUT2D eigenvalue weighted by molar-refractivity contribution is -0.132. The van der Waals surface area contributed by atoms with E-state index in [9.17, 15) is 14.7 Å². The summed E-state index contributed by atoms with van der Waals surface area (Å²) >= 11 is 7.63. The maximum Gasteiger partial charge on any atom is 0.301 e. The maximum absolute atomic E-state index is 13.4. The van der Waals surface area contributed by atoms with Crippen LogP contribution in [0.2, 0.25) is 5.02 Å². The van der Waals surface area contributed by atoms with Gasteiger partial charge in [0.05, 0.1) is 21.8 Å². The molecule has 0 bridgehead atoms. The number of benzene rings is 3. The van der Waals surface area contributed by atoms with Gasteiger partial charge < -0.3 is 9.84 Å². The molecule has 1 N–H and O–H groups in total. The van der Waals surface area contributed by atoms with E-state index in [1.54, 1.807) is 36.4 Å². The third-order valence-electron chi connectivity index (χ3n) is 6.52. The number of rotatable bonds is 3. The molecule has 3 aromatic carbocycles. The number of hydrogen-bond acceptors (Lipinski definition) is 6. The normalized spacial score (nSPS) is 20.7. The first-order valence-electron chi connectivity index (χ1n) is 11.5. The van der Waals surface area contributed by atoms with Gasteiger partial charge in [0.1, 0.15) is 17.6 Å². The SMILES string of the molecule is Cc1ccc2nc(N3C(=O)C(=O)/C(=C(/O)c4ccc5c(c4)C[C@@H](C)O5)[C@@H]3c3cccc(Cl)c3)sc2c1. The van der Waals surface area contributed by atoms with Crippen molar-refractivity contribution in [1.82, 2.24) is 4.98 Å². The molecule has 1 amide bonds. The van der Waals surface area contributed by atoms with Gasteiger partial charge >= 0.3 is 5.91 Å². The molecular weight excluding hydrogens is 496 g/mol. The number of amides is 1. The van der Waals surface area contributed by atoms with E-state index in [-0.39, 0.29) is 17.4 Å². The number of carbonyl (C=O) groups is 2. The summed E-state index contributed by atoms with van der Waals surface area (Å²) in [5.41, 5.74) is 3.82. The summed E-state index contributed by atoms with van der Waals surface area (Å²) in [6, 6.07) is 17.2. The van der Waals surface area contributed by atoms with Gasteiger partial charge in [0.15, 0.2) is 5.13 Å². The molecule has 1 fully saturated rings. The zero-order chi connectivity index (χ0) is 25.1. The van der Waals surface area contributed by atoms with Crippen molar-refractivity contribution >= 4 is 55.7 Å². The molecule has 2 aliphatic heterocycles. The molecule has 36 heavy (non-hydrogen) atoms. The zero-order valence-corrected chi connectivity index (χ0v) is 21.1. The highest BCUT2D eigenvalue weighted by atomic mass is 35.5. The van der Waals surface area contributed by atoms with E-state index in [1.165, 1.54) is 16.2 Å².